The molecule has 0 saturated heterocycles. The Morgan fingerprint density at radius 3 is 1.70 bits per heavy atom. The molecule has 0 fully saturated rings. The summed E-state index contributed by atoms with van der Waals surface area (Å²) in [6.45, 7) is 0. The molecular formula is C50H31NS2. The maximum Gasteiger partial charge on any atom is 0.0546 e. The fourth-order valence-electron chi connectivity index (χ4n) is 8.13. The molecule has 0 radical (unpaired) electrons. The molecule has 0 bridgehead atoms. The van der Waals surface area contributed by atoms with Gasteiger partial charge in [-0.15, -0.1) is 22.7 Å². The molecule has 2 aromatic heterocycles. The van der Waals surface area contributed by atoms with Gasteiger partial charge in [-0.1, -0.05) is 133 Å². The van der Waals surface area contributed by atoms with Crippen molar-refractivity contribution in [1.29, 1.82) is 0 Å². The molecule has 0 N–H and O–H groups in total. The summed E-state index contributed by atoms with van der Waals surface area (Å²) in [5, 5.41) is 10.3. The number of rotatable bonds is 5. The molecule has 0 saturated carbocycles. The van der Waals surface area contributed by atoms with E-state index in [2.05, 4.69) is 193 Å². The normalized spacial score (nSPS) is 11.8. The molecule has 0 spiro atoms. The molecule has 53 heavy (non-hydrogen) atoms. The van der Waals surface area contributed by atoms with Crippen LogP contribution in [-0.4, -0.2) is 0 Å². The Hall–Kier alpha value is -6.26. The van der Waals surface area contributed by atoms with Crippen LogP contribution in [0.3, 0.4) is 0 Å². The maximum atomic E-state index is 2.43. The Labute approximate surface area is 315 Å². The van der Waals surface area contributed by atoms with Gasteiger partial charge in [0.05, 0.1) is 5.69 Å². The van der Waals surface area contributed by atoms with Crippen LogP contribution in [0.15, 0.2) is 188 Å². The first-order valence-corrected chi connectivity index (χ1v) is 19.6. The van der Waals surface area contributed by atoms with Gasteiger partial charge in [0.1, 0.15) is 0 Å². The first-order valence-electron chi connectivity index (χ1n) is 18.0. The van der Waals surface area contributed by atoms with Crippen LogP contribution in [0.1, 0.15) is 0 Å². The predicted octanol–water partition coefficient (Wildman–Crippen LogP) is 15.5. The molecule has 0 amide bonds. The zero-order valence-electron chi connectivity index (χ0n) is 28.7. The SMILES string of the molecule is c1ccc2c(c1)ccc1cccc(N(c3ccc(-c4ccc5sc6ccccc6c5c4)cc3)c3ccc(-c4cccc5c4sc4ccccc45)cc3)c12. The second kappa shape index (κ2) is 12.2. The van der Waals surface area contributed by atoms with Crippen LogP contribution in [0.2, 0.25) is 0 Å². The zero-order valence-corrected chi connectivity index (χ0v) is 30.3. The van der Waals surface area contributed by atoms with E-state index in [1.165, 1.54) is 84.1 Å². The lowest BCUT2D eigenvalue weighted by Crippen LogP contribution is -2.10. The molecule has 0 aliphatic rings. The van der Waals surface area contributed by atoms with Crippen molar-refractivity contribution in [2.24, 2.45) is 0 Å². The van der Waals surface area contributed by atoms with E-state index in [9.17, 15) is 0 Å². The van der Waals surface area contributed by atoms with Crippen LogP contribution in [0.4, 0.5) is 17.1 Å². The van der Waals surface area contributed by atoms with E-state index < -0.39 is 0 Å². The van der Waals surface area contributed by atoms with Crippen molar-refractivity contribution in [3.63, 3.8) is 0 Å². The number of thiophene rings is 2. The average molecular weight is 710 g/mol. The standard InChI is InChI=1S/C50H31NS2/c1-2-11-39-33(9-1)19-20-35-10-7-16-45(49(35)39)51(37-26-21-32(22-27-37)36-25-30-48-44(31-36)42-13-4-5-17-46(42)52-48)38-28-23-34(24-29-38)40-14-8-15-43-41-12-3-6-18-47(41)53-50(40)43/h1-31H. The third-order valence-electron chi connectivity index (χ3n) is 10.7. The highest BCUT2D eigenvalue weighted by Gasteiger charge is 2.18. The van der Waals surface area contributed by atoms with Gasteiger partial charge in [0.2, 0.25) is 0 Å². The van der Waals surface area contributed by atoms with E-state index in [4.69, 9.17) is 0 Å². The minimum Gasteiger partial charge on any atom is -0.310 e. The largest absolute Gasteiger partial charge is 0.310 e. The molecule has 11 rings (SSSR count). The minimum atomic E-state index is 1.12. The van der Waals surface area contributed by atoms with Crippen molar-refractivity contribution in [3.05, 3.63) is 188 Å². The third-order valence-corrected chi connectivity index (χ3v) is 13.0. The van der Waals surface area contributed by atoms with Crippen molar-refractivity contribution < 1.29 is 0 Å². The number of anilines is 3. The van der Waals surface area contributed by atoms with Crippen LogP contribution in [-0.2, 0) is 0 Å². The molecule has 0 atom stereocenters. The summed E-state index contributed by atoms with van der Waals surface area (Å²) < 4.78 is 5.32. The Bertz CT molecular complexity index is 3170. The fourth-order valence-corrected chi connectivity index (χ4v) is 10.5. The number of benzene rings is 9. The van der Waals surface area contributed by atoms with E-state index in [1.807, 2.05) is 22.7 Å². The Morgan fingerprint density at radius 1 is 0.340 bits per heavy atom. The van der Waals surface area contributed by atoms with Gasteiger partial charge in [-0.2, -0.15) is 0 Å². The van der Waals surface area contributed by atoms with Crippen LogP contribution in [0, 0.1) is 0 Å². The second-order valence-electron chi connectivity index (χ2n) is 13.7. The van der Waals surface area contributed by atoms with Gasteiger partial charge >= 0.3 is 0 Å². The molecule has 1 nitrogen and oxygen atoms in total. The molecule has 3 heteroatoms. The quantitative estimate of drug-likeness (QED) is 0.161. The molecule has 0 aliphatic heterocycles. The number of nitrogens with zero attached hydrogens (tertiary/aromatic N) is 1. The summed E-state index contributed by atoms with van der Waals surface area (Å²) >= 11 is 3.74. The monoisotopic (exact) mass is 709 g/mol. The van der Waals surface area contributed by atoms with Crippen molar-refractivity contribution in [3.8, 4) is 22.3 Å². The molecule has 2 heterocycles. The molecule has 11 aromatic rings. The lowest BCUT2D eigenvalue weighted by Gasteiger charge is -2.28. The third kappa shape index (κ3) is 4.97. The van der Waals surface area contributed by atoms with Crippen LogP contribution < -0.4 is 4.90 Å². The van der Waals surface area contributed by atoms with Crippen LogP contribution in [0.5, 0.6) is 0 Å². The van der Waals surface area contributed by atoms with Crippen LogP contribution >= 0.6 is 22.7 Å². The minimum absolute atomic E-state index is 1.12. The van der Waals surface area contributed by atoms with Crippen molar-refractivity contribution in [2.45, 2.75) is 0 Å². The highest BCUT2D eigenvalue weighted by Crippen LogP contribution is 2.44. The van der Waals surface area contributed by atoms with E-state index in [0.717, 1.165) is 17.1 Å². The predicted molar refractivity (Wildman–Crippen MR) is 233 cm³/mol. The van der Waals surface area contributed by atoms with Crippen molar-refractivity contribution >= 4 is 102 Å². The highest BCUT2D eigenvalue weighted by molar-refractivity contribution is 7.26. The van der Waals surface area contributed by atoms with Gasteiger partial charge in [0.15, 0.2) is 0 Å². The first kappa shape index (κ1) is 30.4. The smallest absolute Gasteiger partial charge is 0.0546 e. The van der Waals surface area contributed by atoms with E-state index in [0.29, 0.717) is 0 Å². The molecule has 248 valence electrons. The van der Waals surface area contributed by atoms with Gasteiger partial charge in [-0.05, 0) is 93.0 Å². The Balaban J connectivity index is 1.06. The Kier molecular flexibility index (Phi) is 6.97. The molecule has 0 aliphatic carbocycles. The van der Waals surface area contributed by atoms with Gasteiger partial charge in [-0.25, -0.2) is 0 Å². The topological polar surface area (TPSA) is 3.24 Å². The van der Waals surface area contributed by atoms with Crippen molar-refractivity contribution in [1.82, 2.24) is 0 Å². The summed E-state index contributed by atoms with van der Waals surface area (Å²) in [6.07, 6.45) is 0. The summed E-state index contributed by atoms with van der Waals surface area (Å²) in [7, 11) is 0. The van der Waals surface area contributed by atoms with Gasteiger partial charge in [0, 0.05) is 57.1 Å². The number of fused-ring (bicyclic) bond motifs is 9. The molecule has 0 unspecified atom stereocenters. The maximum absolute atomic E-state index is 2.43. The average Bonchev–Trinajstić information content (AvgIpc) is 3.80. The summed E-state index contributed by atoms with van der Waals surface area (Å²) in [5.41, 5.74) is 8.35. The van der Waals surface area contributed by atoms with Crippen molar-refractivity contribution in [2.75, 3.05) is 4.90 Å². The van der Waals surface area contributed by atoms with E-state index in [1.54, 1.807) is 0 Å². The summed E-state index contributed by atoms with van der Waals surface area (Å²) in [5.74, 6) is 0. The fraction of sp³-hybridized carbons (Fsp3) is 0. The van der Waals surface area contributed by atoms with Crippen LogP contribution in [0.25, 0.3) is 84.1 Å². The van der Waals surface area contributed by atoms with E-state index in [-0.39, 0.29) is 0 Å². The van der Waals surface area contributed by atoms with E-state index >= 15 is 0 Å². The summed E-state index contributed by atoms with van der Waals surface area (Å²) in [6, 6.07) is 69.2. The Morgan fingerprint density at radius 2 is 0.906 bits per heavy atom. The summed E-state index contributed by atoms with van der Waals surface area (Å²) in [4.78, 5) is 2.43. The zero-order chi connectivity index (χ0) is 34.9. The van der Waals surface area contributed by atoms with Gasteiger partial charge in [-0.3, -0.25) is 0 Å². The highest BCUT2D eigenvalue weighted by atomic mass is 32.1. The lowest BCUT2D eigenvalue weighted by molar-refractivity contribution is 1.30. The first-order chi connectivity index (χ1) is 26.3. The van der Waals surface area contributed by atoms with Gasteiger partial charge < -0.3 is 4.90 Å². The lowest BCUT2D eigenvalue weighted by atomic mass is 9.98. The number of hydrogen-bond acceptors (Lipinski definition) is 3. The number of hydrogen-bond donors (Lipinski definition) is 0. The molecule has 9 aromatic carbocycles. The van der Waals surface area contributed by atoms with Gasteiger partial charge in [0.25, 0.3) is 0 Å². The second-order valence-corrected chi connectivity index (χ2v) is 15.8. The molecular weight excluding hydrogens is 679 g/mol.